The van der Waals surface area contributed by atoms with E-state index in [1.165, 1.54) is 0 Å². The normalized spacial score (nSPS) is 10.5. The van der Waals surface area contributed by atoms with Crippen molar-refractivity contribution in [3.05, 3.63) is 47.7 Å². The fraction of sp³-hybridized carbons (Fsp3) is 0.167. The van der Waals surface area contributed by atoms with E-state index in [0.717, 1.165) is 16.7 Å². The molecule has 124 valence electrons. The molecule has 0 aliphatic heterocycles. The van der Waals surface area contributed by atoms with Crippen molar-refractivity contribution in [1.82, 2.24) is 5.16 Å². The van der Waals surface area contributed by atoms with E-state index in [1.807, 2.05) is 30.3 Å². The first kappa shape index (κ1) is 16.2. The van der Waals surface area contributed by atoms with Gasteiger partial charge in [-0.3, -0.25) is 0 Å². The molecule has 3 aromatic rings. The Balaban J connectivity index is 2.16. The fourth-order valence-electron chi connectivity index (χ4n) is 2.48. The van der Waals surface area contributed by atoms with Crippen LogP contribution in [-0.4, -0.2) is 26.5 Å². The lowest BCUT2D eigenvalue weighted by atomic mass is 10.0. The molecule has 0 bridgehead atoms. The zero-order chi connectivity index (χ0) is 17.1. The molecule has 5 nitrogen and oxygen atoms in total. The third-order valence-electron chi connectivity index (χ3n) is 3.69. The third kappa shape index (κ3) is 2.90. The lowest BCUT2D eigenvalue weighted by Gasteiger charge is -2.13. The zero-order valence-electron chi connectivity index (χ0n) is 13.5. The Hall–Kier alpha value is -2.66. The minimum Gasteiger partial charge on any atom is -0.496 e. The van der Waals surface area contributed by atoms with Gasteiger partial charge in [0.15, 0.2) is 11.5 Å². The summed E-state index contributed by atoms with van der Waals surface area (Å²) in [6.07, 6.45) is 1.59. The zero-order valence-corrected chi connectivity index (χ0v) is 14.3. The first-order chi connectivity index (χ1) is 11.7. The van der Waals surface area contributed by atoms with Gasteiger partial charge in [-0.2, -0.15) is 0 Å². The number of hydrogen-bond donors (Lipinski definition) is 0. The van der Waals surface area contributed by atoms with Crippen LogP contribution < -0.4 is 14.2 Å². The molecular formula is C18H16ClNO4. The van der Waals surface area contributed by atoms with E-state index in [0.29, 0.717) is 28.0 Å². The molecule has 0 radical (unpaired) electrons. The maximum absolute atomic E-state index is 5.96. The van der Waals surface area contributed by atoms with Crippen LogP contribution in [0.3, 0.4) is 0 Å². The van der Waals surface area contributed by atoms with Crippen LogP contribution in [0.4, 0.5) is 0 Å². The van der Waals surface area contributed by atoms with E-state index in [-0.39, 0.29) is 0 Å². The summed E-state index contributed by atoms with van der Waals surface area (Å²) in [4.78, 5) is 0. The van der Waals surface area contributed by atoms with Gasteiger partial charge in [0, 0.05) is 16.7 Å². The molecule has 2 aromatic carbocycles. The second kappa shape index (κ2) is 6.84. The average molecular weight is 346 g/mol. The molecular weight excluding hydrogens is 330 g/mol. The number of halogens is 1. The number of benzene rings is 2. The summed E-state index contributed by atoms with van der Waals surface area (Å²) in [5.74, 6) is 1.77. The van der Waals surface area contributed by atoms with Crippen LogP contribution in [0.25, 0.3) is 22.4 Å². The van der Waals surface area contributed by atoms with Gasteiger partial charge in [0.1, 0.15) is 17.7 Å². The molecule has 0 spiro atoms. The molecule has 0 N–H and O–H groups in total. The lowest BCUT2D eigenvalue weighted by molar-refractivity contribution is 0.349. The van der Waals surface area contributed by atoms with E-state index < -0.39 is 0 Å². The third-order valence-corrected chi connectivity index (χ3v) is 3.94. The standard InChI is InChI=1S/C18H16ClNO4/c1-21-15-9-17(23-3)16(22-2)8-13(15)18-14(10-24-20-18)11-4-6-12(19)7-5-11/h4-10H,1-3H3. The summed E-state index contributed by atoms with van der Waals surface area (Å²) >= 11 is 5.96. The summed E-state index contributed by atoms with van der Waals surface area (Å²) in [5, 5.41) is 4.81. The molecule has 0 unspecified atom stereocenters. The van der Waals surface area contributed by atoms with Crippen molar-refractivity contribution in [2.24, 2.45) is 0 Å². The van der Waals surface area contributed by atoms with Crippen molar-refractivity contribution in [2.75, 3.05) is 21.3 Å². The van der Waals surface area contributed by atoms with Crippen LogP contribution in [0, 0.1) is 0 Å². The van der Waals surface area contributed by atoms with Crippen LogP contribution >= 0.6 is 11.6 Å². The predicted molar refractivity (Wildman–Crippen MR) is 92.0 cm³/mol. The highest BCUT2D eigenvalue weighted by Crippen LogP contribution is 2.42. The summed E-state index contributed by atoms with van der Waals surface area (Å²) in [6, 6.07) is 11.0. The van der Waals surface area contributed by atoms with Gasteiger partial charge in [-0.15, -0.1) is 0 Å². The Morgan fingerprint density at radius 2 is 1.46 bits per heavy atom. The maximum Gasteiger partial charge on any atom is 0.164 e. The molecule has 0 aliphatic carbocycles. The van der Waals surface area contributed by atoms with E-state index in [9.17, 15) is 0 Å². The van der Waals surface area contributed by atoms with Crippen molar-refractivity contribution >= 4 is 11.6 Å². The van der Waals surface area contributed by atoms with Crippen LogP contribution in [0.1, 0.15) is 0 Å². The summed E-state index contributed by atoms with van der Waals surface area (Å²) in [6.45, 7) is 0. The molecule has 0 saturated heterocycles. The highest BCUT2D eigenvalue weighted by molar-refractivity contribution is 6.30. The summed E-state index contributed by atoms with van der Waals surface area (Å²) < 4.78 is 21.4. The molecule has 0 aliphatic rings. The van der Waals surface area contributed by atoms with E-state index in [2.05, 4.69) is 5.16 Å². The highest BCUT2D eigenvalue weighted by atomic mass is 35.5. The Kier molecular flexibility index (Phi) is 4.62. The van der Waals surface area contributed by atoms with Gasteiger partial charge in [0.25, 0.3) is 0 Å². The van der Waals surface area contributed by atoms with Crippen molar-refractivity contribution in [1.29, 1.82) is 0 Å². The van der Waals surface area contributed by atoms with E-state index >= 15 is 0 Å². The average Bonchev–Trinajstić information content (AvgIpc) is 3.10. The van der Waals surface area contributed by atoms with Gasteiger partial charge in [-0.1, -0.05) is 28.9 Å². The van der Waals surface area contributed by atoms with Gasteiger partial charge in [0.2, 0.25) is 0 Å². The largest absolute Gasteiger partial charge is 0.496 e. The molecule has 3 rings (SSSR count). The predicted octanol–water partition coefficient (Wildman–Crippen LogP) is 4.69. The van der Waals surface area contributed by atoms with Gasteiger partial charge in [-0.05, 0) is 23.8 Å². The maximum atomic E-state index is 5.96. The Morgan fingerprint density at radius 3 is 2.08 bits per heavy atom. The van der Waals surface area contributed by atoms with E-state index in [1.54, 1.807) is 33.7 Å². The lowest BCUT2D eigenvalue weighted by Crippen LogP contribution is -1.95. The molecule has 6 heteroatoms. The molecule has 0 amide bonds. The highest BCUT2D eigenvalue weighted by Gasteiger charge is 2.19. The molecule has 24 heavy (non-hydrogen) atoms. The van der Waals surface area contributed by atoms with Gasteiger partial charge >= 0.3 is 0 Å². The fourth-order valence-corrected chi connectivity index (χ4v) is 2.61. The SMILES string of the molecule is COc1cc(OC)c(-c2nocc2-c2ccc(Cl)cc2)cc1OC. The topological polar surface area (TPSA) is 53.7 Å². The van der Waals surface area contributed by atoms with E-state index in [4.69, 9.17) is 30.3 Å². The molecule has 1 aromatic heterocycles. The number of rotatable bonds is 5. The number of methoxy groups -OCH3 is 3. The molecule has 1 heterocycles. The number of aromatic nitrogens is 1. The Labute approximate surface area is 144 Å². The Bertz CT molecular complexity index is 843. The first-order valence-corrected chi connectivity index (χ1v) is 7.56. The minimum atomic E-state index is 0.578. The van der Waals surface area contributed by atoms with Crippen LogP contribution in [0.5, 0.6) is 17.2 Å². The quantitative estimate of drug-likeness (QED) is 0.671. The number of hydrogen-bond acceptors (Lipinski definition) is 5. The van der Waals surface area contributed by atoms with Crippen LogP contribution in [0.2, 0.25) is 5.02 Å². The second-order valence-electron chi connectivity index (χ2n) is 4.99. The van der Waals surface area contributed by atoms with Crippen molar-refractivity contribution < 1.29 is 18.7 Å². The van der Waals surface area contributed by atoms with Gasteiger partial charge in [0.05, 0.1) is 26.9 Å². The Morgan fingerprint density at radius 1 is 0.833 bits per heavy atom. The second-order valence-corrected chi connectivity index (χ2v) is 5.43. The van der Waals surface area contributed by atoms with Crippen LogP contribution in [0.15, 0.2) is 47.2 Å². The number of nitrogens with zero attached hydrogens (tertiary/aromatic N) is 1. The number of ether oxygens (including phenoxy) is 3. The first-order valence-electron chi connectivity index (χ1n) is 7.18. The van der Waals surface area contributed by atoms with Gasteiger partial charge in [-0.25, -0.2) is 0 Å². The molecule has 0 saturated carbocycles. The summed E-state index contributed by atoms with van der Waals surface area (Å²) in [5.41, 5.74) is 3.16. The minimum absolute atomic E-state index is 0.578. The molecule has 0 fully saturated rings. The van der Waals surface area contributed by atoms with Crippen molar-refractivity contribution in [2.45, 2.75) is 0 Å². The monoisotopic (exact) mass is 345 g/mol. The van der Waals surface area contributed by atoms with Crippen molar-refractivity contribution in [3.8, 4) is 39.6 Å². The summed E-state index contributed by atoms with van der Waals surface area (Å²) in [7, 11) is 4.75. The van der Waals surface area contributed by atoms with Crippen molar-refractivity contribution in [3.63, 3.8) is 0 Å². The molecule has 0 atom stereocenters. The van der Waals surface area contributed by atoms with Gasteiger partial charge < -0.3 is 18.7 Å². The van der Waals surface area contributed by atoms with Crippen LogP contribution in [-0.2, 0) is 0 Å². The smallest absolute Gasteiger partial charge is 0.164 e.